The van der Waals surface area contributed by atoms with Crippen LogP contribution in [0, 0.1) is 5.92 Å². The predicted molar refractivity (Wildman–Crippen MR) is 75.0 cm³/mol. The van der Waals surface area contributed by atoms with Crippen LogP contribution in [-0.2, 0) is 0 Å². The molecule has 2 N–H and O–H groups in total. The van der Waals surface area contributed by atoms with Crippen molar-refractivity contribution >= 4 is 32.7 Å². The van der Waals surface area contributed by atoms with Crippen LogP contribution < -0.4 is 5.69 Å². The third kappa shape index (κ3) is 2.56. The van der Waals surface area contributed by atoms with Gasteiger partial charge in [-0.25, -0.2) is 4.79 Å². The molecule has 0 saturated carbocycles. The summed E-state index contributed by atoms with van der Waals surface area (Å²) in [6.45, 7) is 4.13. The van der Waals surface area contributed by atoms with E-state index in [1.807, 2.05) is 0 Å². The fourth-order valence-corrected chi connectivity index (χ4v) is 2.40. The molecule has 0 aliphatic heterocycles. The van der Waals surface area contributed by atoms with Gasteiger partial charge in [-0.05, 0) is 34.0 Å². The molecule has 0 aliphatic carbocycles. The Hall–Kier alpha value is -1.36. The van der Waals surface area contributed by atoms with Crippen LogP contribution in [0.25, 0.3) is 11.0 Å². The number of aromatic nitrogens is 2. The number of hydrogen-bond acceptors (Lipinski definition) is 2. The first-order valence-corrected chi connectivity index (χ1v) is 6.75. The predicted octanol–water partition coefficient (Wildman–Crippen LogP) is 3.24. The summed E-state index contributed by atoms with van der Waals surface area (Å²) in [5.41, 5.74) is 1.73. The molecule has 0 amide bonds. The Labute approximate surface area is 113 Å². The highest BCUT2D eigenvalue weighted by Crippen LogP contribution is 2.24. The van der Waals surface area contributed by atoms with E-state index in [2.05, 4.69) is 39.7 Å². The van der Waals surface area contributed by atoms with Crippen LogP contribution in [0.15, 0.2) is 21.4 Å². The minimum absolute atomic E-state index is 0.0974. The van der Waals surface area contributed by atoms with Crippen LogP contribution in [0.5, 0.6) is 0 Å². The fraction of sp³-hybridized carbons (Fsp3) is 0.385. The SMILES string of the molecule is CCC(C)CC(=O)c1cc2[nH]c(=O)[nH]c2cc1Br. The Morgan fingerprint density at radius 2 is 1.94 bits per heavy atom. The molecule has 0 spiro atoms. The molecule has 4 nitrogen and oxygen atoms in total. The summed E-state index contributed by atoms with van der Waals surface area (Å²) in [6.07, 6.45) is 1.50. The van der Waals surface area contributed by atoms with E-state index in [1.54, 1.807) is 12.1 Å². The van der Waals surface area contributed by atoms with Crippen LogP contribution >= 0.6 is 15.9 Å². The quantitative estimate of drug-likeness (QED) is 0.851. The Balaban J connectivity index is 2.40. The largest absolute Gasteiger partial charge is 0.323 e. The van der Waals surface area contributed by atoms with E-state index >= 15 is 0 Å². The second-order valence-electron chi connectivity index (χ2n) is 4.60. The third-order valence-electron chi connectivity index (χ3n) is 3.13. The molecule has 18 heavy (non-hydrogen) atoms. The topological polar surface area (TPSA) is 65.7 Å². The van der Waals surface area contributed by atoms with Crippen LogP contribution in [-0.4, -0.2) is 15.8 Å². The minimum Gasteiger partial charge on any atom is -0.306 e. The number of Topliss-reactive ketones (excluding diaryl/α,β-unsaturated/α-hetero) is 1. The van der Waals surface area contributed by atoms with Gasteiger partial charge in [-0.3, -0.25) is 4.79 Å². The van der Waals surface area contributed by atoms with Gasteiger partial charge in [0.15, 0.2) is 5.78 Å². The highest BCUT2D eigenvalue weighted by molar-refractivity contribution is 9.10. The molecule has 0 saturated heterocycles. The minimum atomic E-state index is -0.261. The van der Waals surface area contributed by atoms with Gasteiger partial charge in [-0.15, -0.1) is 0 Å². The molecule has 0 aliphatic rings. The molecule has 0 bridgehead atoms. The number of carbonyl (C=O) groups excluding carboxylic acids is 1. The molecule has 0 fully saturated rings. The number of H-pyrrole nitrogens is 2. The Morgan fingerprint density at radius 3 is 2.56 bits per heavy atom. The summed E-state index contributed by atoms with van der Waals surface area (Å²) in [6, 6.07) is 3.49. The Bertz CT molecular complexity index is 642. The summed E-state index contributed by atoms with van der Waals surface area (Å²) >= 11 is 3.38. The van der Waals surface area contributed by atoms with Gasteiger partial charge in [0.25, 0.3) is 0 Å². The molecule has 1 unspecified atom stereocenters. The summed E-state index contributed by atoms with van der Waals surface area (Å²) in [5.74, 6) is 0.463. The van der Waals surface area contributed by atoms with Gasteiger partial charge in [-0.2, -0.15) is 0 Å². The zero-order valence-electron chi connectivity index (χ0n) is 10.3. The average Bonchev–Trinajstić information content (AvgIpc) is 2.66. The number of benzene rings is 1. The molecular formula is C13H15BrN2O2. The van der Waals surface area contributed by atoms with Gasteiger partial charge < -0.3 is 9.97 Å². The van der Waals surface area contributed by atoms with Crippen molar-refractivity contribution in [3.63, 3.8) is 0 Å². The smallest absolute Gasteiger partial charge is 0.306 e. The van der Waals surface area contributed by atoms with Gasteiger partial charge in [-0.1, -0.05) is 20.3 Å². The second kappa shape index (κ2) is 5.10. The maximum Gasteiger partial charge on any atom is 0.323 e. The zero-order chi connectivity index (χ0) is 13.3. The number of halogens is 1. The second-order valence-corrected chi connectivity index (χ2v) is 5.45. The van der Waals surface area contributed by atoms with Crippen molar-refractivity contribution < 1.29 is 4.79 Å². The van der Waals surface area contributed by atoms with Crippen molar-refractivity contribution in [3.05, 3.63) is 32.7 Å². The Kier molecular flexibility index (Phi) is 3.71. The molecular weight excluding hydrogens is 296 g/mol. The molecule has 1 atom stereocenters. The number of rotatable bonds is 4. The van der Waals surface area contributed by atoms with E-state index in [0.29, 0.717) is 28.9 Å². The standard InChI is InChI=1S/C13H15BrN2O2/c1-3-7(2)4-12(17)8-5-10-11(6-9(8)14)16-13(18)15-10/h5-7H,3-4H2,1-2H3,(H2,15,16,18). The van der Waals surface area contributed by atoms with Gasteiger partial charge in [0.05, 0.1) is 11.0 Å². The number of nitrogens with one attached hydrogen (secondary N) is 2. The van der Waals surface area contributed by atoms with E-state index < -0.39 is 0 Å². The van der Waals surface area contributed by atoms with Crippen LogP contribution in [0.4, 0.5) is 0 Å². The number of carbonyl (C=O) groups is 1. The third-order valence-corrected chi connectivity index (χ3v) is 3.79. The molecule has 1 aromatic carbocycles. The van der Waals surface area contributed by atoms with Gasteiger partial charge in [0.2, 0.25) is 0 Å². The average molecular weight is 311 g/mol. The van der Waals surface area contributed by atoms with E-state index in [1.165, 1.54) is 0 Å². The lowest BCUT2D eigenvalue weighted by atomic mass is 9.97. The first kappa shape index (κ1) is 13.1. The number of ketones is 1. The van der Waals surface area contributed by atoms with Gasteiger partial charge in [0, 0.05) is 16.5 Å². The highest BCUT2D eigenvalue weighted by Gasteiger charge is 2.15. The molecule has 2 rings (SSSR count). The van der Waals surface area contributed by atoms with Crippen molar-refractivity contribution in [1.29, 1.82) is 0 Å². The molecule has 0 radical (unpaired) electrons. The lowest BCUT2D eigenvalue weighted by Crippen LogP contribution is -2.06. The molecule has 96 valence electrons. The summed E-state index contributed by atoms with van der Waals surface area (Å²) < 4.78 is 0.721. The number of hydrogen-bond donors (Lipinski definition) is 2. The normalized spacial score (nSPS) is 12.8. The zero-order valence-corrected chi connectivity index (χ0v) is 11.9. The maximum atomic E-state index is 12.2. The van der Waals surface area contributed by atoms with E-state index in [9.17, 15) is 9.59 Å². The highest BCUT2D eigenvalue weighted by atomic mass is 79.9. The monoisotopic (exact) mass is 310 g/mol. The molecule has 1 heterocycles. The van der Waals surface area contributed by atoms with Gasteiger partial charge in [0.1, 0.15) is 0 Å². The van der Waals surface area contributed by atoms with E-state index in [0.717, 1.165) is 10.9 Å². The molecule has 5 heteroatoms. The van der Waals surface area contributed by atoms with Crippen molar-refractivity contribution in [3.8, 4) is 0 Å². The summed E-state index contributed by atoms with van der Waals surface area (Å²) in [4.78, 5) is 28.7. The number of fused-ring (bicyclic) bond motifs is 1. The van der Waals surface area contributed by atoms with E-state index in [4.69, 9.17) is 0 Å². The first-order chi connectivity index (χ1) is 8.51. The Morgan fingerprint density at radius 1 is 1.33 bits per heavy atom. The summed E-state index contributed by atoms with van der Waals surface area (Å²) in [7, 11) is 0. The van der Waals surface area contributed by atoms with E-state index in [-0.39, 0.29) is 11.5 Å². The van der Waals surface area contributed by atoms with Crippen LogP contribution in [0.2, 0.25) is 0 Å². The van der Waals surface area contributed by atoms with Crippen LogP contribution in [0.1, 0.15) is 37.0 Å². The van der Waals surface area contributed by atoms with Crippen molar-refractivity contribution in [2.45, 2.75) is 26.7 Å². The lowest BCUT2D eigenvalue weighted by molar-refractivity contribution is 0.0963. The first-order valence-electron chi connectivity index (χ1n) is 5.96. The maximum absolute atomic E-state index is 12.2. The van der Waals surface area contributed by atoms with Crippen molar-refractivity contribution in [2.24, 2.45) is 5.92 Å². The lowest BCUT2D eigenvalue weighted by Gasteiger charge is -2.08. The number of imidazole rings is 1. The van der Waals surface area contributed by atoms with Crippen molar-refractivity contribution in [1.82, 2.24) is 9.97 Å². The van der Waals surface area contributed by atoms with Crippen molar-refractivity contribution in [2.75, 3.05) is 0 Å². The molecule has 2 aromatic rings. The fourth-order valence-electron chi connectivity index (χ4n) is 1.84. The number of aromatic amines is 2. The van der Waals surface area contributed by atoms with Gasteiger partial charge >= 0.3 is 5.69 Å². The molecule has 1 aromatic heterocycles. The van der Waals surface area contributed by atoms with Crippen LogP contribution in [0.3, 0.4) is 0 Å². The summed E-state index contributed by atoms with van der Waals surface area (Å²) in [5, 5.41) is 0.